The number of aromatic nitrogens is 3. The third-order valence-electron chi connectivity index (χ3n) is 3.06. The van der Waals surface area contributed by atoms with Gasteiger partial charge in [-0.1, -0.05) is 0 Å². The number of carbonyl (C=O) groups excluding carboxylic acids is 1. The molecule has 22 heavy (non-hydrogen) atoms. The van der Waals surface area contributed by atoms with Gasteiger partial charge in [-0.3, -0.25) is 4.68 Å². The van der Waals surface area contributed by atoms with Crippen LogP contribution in [0.1, 0.15) is 17.1 Å². The quantitative estimate of drug-likeness (QED) is 0.895. The number of nitrogens with one attached hydrogen (secondary N) is 2. The van der Waals surface area contributed by atoms with E-state index >= 15 is 0 Å². The van der Waals surface area contributed by atoms with Crippen LogP contribution in [-0.2, 0) is 13.2 Å². The summed E-state index contributed by atoms with van der Waals surface area (Å²) < 4.78 is 38.8. The second-order valence-corrected chi connectivity index (χ2v) is 4.68. The summed E-state index contributed by atoms with van der Waals surface area (Å²) in [5.41, 5.74) is 1.10. The molecule has 0 aliphatic carbocycles. The molecule has 2 amide bonds. The summed E-state index contributed by atoms with van der Waals surface area (Å²) in [5, 5.41) is 9.17. The van der Waals surface area contributed by atoms with Gasteiger partial charge in [-0.15, -0.1) is 0 Å². The number of nitrogens with zero attached hydrogens (tertiary/aromatic N) is 3. The van der Waals surface area contributed by atoms with Crippen LogP contribution in [0.2, 0.25) is 0 Å². The van der Waals surface area contributed by atoms with E-state index in [9.17, 15) is 18.0 Å². The Balaban J connectivity index is 2.06. The number of aryl methyl sites for hydroxylation is 2. The van der Waals surface area contributed by atoms with Gasteiger partial charge in [-0.05, 0) is 26.0 Å². The Labute approximate surface area is 124 Å². The molecular weight excluding hydrogens is 299 g/mol. The van der Waals surface area contributed by atoms with E-state index in [1.54, 1.807) is 25.6 Å². The number of pyridine rings is 1. The largest absolute Gasteiger partial charge is 0.433 e. The van der Waals surface area contributed by atoms with Crippen LogP contribution < -0.4 is 10.6 Å². The highest BCUT2D eigenvalue weighted by atomic mass is 19.4. The Morgan fingerprint density at radius 1 is 1.23 bits per heavy atom. The second-order valence-electron chi connectivity index (χ2n) is 4.68. The van der Waals surface area contributed by atoms with Crippen LogP contribution in [0.4, 0.5) is 29.3 Å². The molecule has 0 aliphatic heterocycles. The second kappa shape index (κ2) is 5.66. The Morgan fingerprint density at radius 2 is 1.91 bits per heavy atom. The maximum absolute atomic E-state index is 12.4. The molecule has 0 atom stereocenters. The molecule has 0 unspecified atom stereocenters. The number of rotatable bonds is 2. The van der Waals surface area contributed by atoms with Gasteiger partial charge in [0.15, 0.2) is 0 Å². The molecule has 118 valence electrons. The third-order valence-corrected chi connectivity index (χ3v) is 3.06. The fourth-order valence-electron chi connectivity index (χ4n) is 1.87. The Morgan fingerprint density at radius 3 is 2.36 bits per heavy atom. The molecule has 2 aromatic rings. The van der Waals surface area contributed by atoms with Gasteiger partial charge in [0.05, 0.1) is 29.0 Å². The molecular formula is C13H14F3N5O. The highest BCUT2D eigenvalue weighted by Crippen LogP contribution is 2.27. The van der Waals surface area contributed by atoms with Crippen molar-refractivity contribution in [2.24, 2.45) is 7.05 Å². The minimum atomic E-state index is -4.51. The molecule has 2 N–H and O–H groups in total. The number of anilines is 2. The van der Waals surface area contributed by atoms with Crippen molar-refractivity contribution in [2.45, 2.75) is 20.0 Å². The number of urea groups is 1. The van der Waals surface area contributed by atoms with Crippen LogP contribution in [0.25, 0.3) is 0 Å². The van der Waals surface area contributed by atoms with Crippen molar-refractivity contribution in [2.75, 3.05) is 10.6 Å². The Bertz CT molecular complexity index is 691. The van der Waals surface area contributed by atoms with E-state index < -0.39 is 17.9 Å². The zero-order chi connectivity index (χ0) is 16.5. The summed E-state index contributed by atoms with van der Waals surface area (Å²) in [7, 11) is 1.74. The van der Waals surface area contributed by atoms with E-state index in [2.05, 4.69) is 20.7 Å². The molecule has 0 aromatic carbocycles. The van der Waals surface area contributed by atoms with Crippen LogP contribution in [0, 0.1) is 13.8 Å². The van der Waals surface area contributed by atoms with Crippen molar-refractivity contribution < 1.29 is 18.0 Å². The topological polar surface area (TPSA) is 71.8 Å². The van der Waals surface area contributed by atoms with Gasteiger partial charge in [0, 0.05) is 7.05 Å². The first-order chi connectivity index (χ1) is 10.2. The molecule has 2 heterocycles. The van der Waals surface area contributed by atoms with Gasteiger partial charge in [0.25, 0.3) is 0 Å². The normalized spacial score (nSPS) is 11.4. The van der Waals surface area contributed by atoms with Gasteiger partial charge in [-0.25, -0.2) is 9.78 Å². The van der Waals surface area contributed by atoms with E-state index in [0.29, 0.717) is 11.4 Å². The van der Waals surface area contributed by atoms with Gasteiger partial charge >= 0.3 is 12.2 Å². The Kier molecular flexibility index (Phi) is 4.07. The Hall–Kier alpha value is -2.58. The number of alkyl halides is 3. The zero-order valence-electron chi connectivity index (χ0n) is 12.1. The average molecular weight is 313 g/mol. The predicted octanol–water partition coefficient (Wildman–Crippen LogP) is 3.09. The molecule has 0 radical (unpaired) electrons. The summed E-state index contributed by atoms with van der Waals surface area (Å²) in [6.07, 6.45) is -3.56. The van der Waals surface area contributed by atoms with Gasteiger partial charge in [-0.2, -0.15) is 18.3 Å². The maximum atomic E-state index is 12.4. The summed E-state index contributed by atoms with van der Waals surface area (Å²) in [6.45, 7) is 3.53. The summed E-state index contributed by atoms with van der Waals surface area (Å²) >= 11 is 0. The first kappa shape index (κ1) is 15.8. The highest BCUT2D eigenvalue weighted by molar-refractivity contribution is 6.00. The van der Waals surface area contributed by atoms with Crippen molar-refractivity contribution in [3.63, 3.8) is 0 Å². The third kappa shape index (κ3) is 3.35. The van der Waals surface area contributed by atoms with Gasteiger partial charge < -0.3 is 10.6 Å². The van der Waals surface area contributed by atoms with Crippen molar-refractivity contribution in [3.8, 4) is 0 Å². The van der Waals surface area contributed by atoms with Crippen molar-refractivity contribution in [3.05, 3.63) is 35.4 Å². The predicted molar refractivity (Wildman–Crippen MR) is 74.6 cm³/mol. The number of amides is 2. The van der Waals surface area contributed by atoms with Gasteiger partial charge in [0.2, 0.25) is 0 Å². The zero-order valence-corrected chi connectivity index (χ0v) is 12.1. The molecule has 6 nitrogen and oxygen atoms in total. The van der Waals surface area contributed by atoms with E-state index in [1.807, 2.05) is 0 Å². The van der Waals surface area contributed by atoms with Crippen molar-refractivity contribution in [1.29, 1.82) is 0 Å². The minimum Gasteiger partial charge on any atom is -0.306 e. The lowest BCUT2D eigenvalue weighted by Crippen LogP contribution is -2.20. The molecule has 2 rings (SSSR count). The van der Waals surface area contributed by atoms with Crippen LogP contribution in [0.3, 0.4) is 0 Å². The van der Waals surface area contributed by atoms with E-state index in [4.69, 9.17) is 0 Å². The fraction of sp³-hybridized carbons (Fsp3) is 0.308. The monoisotopic (exact) mass is 313 g/mol. The maximum Gasteiger partial charge on any atom is 0.433 e. The van der Waals surface area contributed by atoms with Crippen LogP contribution >= 0.6 is 0 Å². The lowest BCUT2D eigenvalue weighted by molar-refractivity contribution is -0.141. The van der Waals surface area contributed by atoms with Crippen LogP contribution in [0.15, 0.2) is 18.3 Å². The number of halogens is 3. The number of hydrogen-bond donors (Lipinski definition) is 2. The highest BCUT2D eigenvalue weighted by Gasteiger charge is 2.32. The lowest BCUT2D eigenvalue weighted by atomic mass is 10.3. The van der Waals surface area contributed by atoms with Crippen LogP contribution in [-0.4, -0.2) is 20.8 Å². The SMILES string of the molecule is Cc1nn(C)c(C)c1NC(=O)Nc1ccc(C(F)(F)F)nc1. The molecule has 0 fully saturated rings. The van der Waals surface area contributed by atoms with Crippen molar-refractivity contribution in [1.82, 2.24) is 14.8 Å². The van der Waals surface area contributed by atoms with E-state index in [-0.39, 0.29) is 5.69 Å². The molecule has 2 aromatic heterocycles. The smallest absolute Gasteiger partial charge is 0.306 e. The van der Waals surface area contributed by atoms with Crippen molar-refractivity contribution >= 4 is 17.4 Å². The first-order valence-corrected chi connectivity index (χ1v) is 6.30. The molecule has 0 aliphatic rings. The molecule has 0 saturated heterocycles. The number of hydrogen-bond acceptors (Lipinski definition) is 3. The van der Waals surface area contributed by atoms with Crippen LogP contribution in [0.5, 0.6) is 0 Å². The molecule has 0 bridgehead atoms. The summed E-state index contributed by atoms with van der Waals surface area (Å²) in [5.74, 6) is 0. The van der Waals surface area contributed by atoms with E-state index in [0.717, 1.165) is 24.0 Å². The van der Waals surface area contributed by atoms with E-state index in [1.165, 1.54) is 0 Å². The molecule has 0 spiro atoms. The van der Waals surface area contributed by atoms with Gasteiger partial charge in [0.1, 0.15) is 5.69 Å². The summed E-state index contributed by atoms with van der Waals surface area (Å²) in [4.78, 5) is 15.1. The molecule has 0 saturated carbocycles. The fourth-order valence-corrected chi connectivity index (χ4v) is 1.87. The lowest BCUT2D eigenvalue weighted by Gasteiger charge is -2.09. The minimum absolute atomic E-state index is 0.157. The summed E-state index contributed by atoms with van der Waals surface area (Å²) in [6, 6.07) is 1.36. The standard InChI is InChI=1S/C13H14F3N5O/c1-7-11(8(2)21(3)20-7)19-12(22)18-9-4-5-10(17-6-9)13(14,15)16/h4-6H,1-3H3,(H2,18,19,22). The molecule has 9 heteroatoms. The number of carbonyl (C=O) groups is 1. The average Bonchev–Trinajstić information content (AvgIpc) is 2.65. The first-order valence-electron chi connectivity index (χ1n) is 6.30.